The van der Waals surface area contributed by atoms with E-state index in [0.29, 0.717) is 36.9 Å². The Hall–Kier alpha value is -5.07. The van der Waals surface area contributed by atoms with E-state index in [1.807, 2.05) is 49.6 Å². The first-order chi connectivity index (χ1) is 22.6. The highest BCUT2D eigenvalue weighted by Gasteiger charge is 2.40. The molecule has 11 nitrogen and oxygen atoms in total. The molecule has 1 aliphatic carbocycles. The number of halogens is 1. The lowest BCUT2D eigenvalue weighted by Crippen LogP contribution is -2.41. The second kappa shape index (κ2) is 13.0. The number of nitrogens with one attached hydrogen (secondary N) is 1. The second-order valence-electron chi connectivity index (χ2n) is 12.9. The van der Waals surface area contributed by atoms with Gasteiger partial charge in [-0.2, -0.15) is 10.4 Å². The number of carbonyl (C=O) groups excluding carboxylic acids is 1. The van der Waals surface area contributed by atoms with Crippen molar-refractivity contribution >= 4 is 22.9 Å². The van der Waals surface area contributed by atoms with Crippen molar-refractivity contribution in [2.75, 3.05) is 32.7 Å². The SMILES string of the molecule is COC[C@H]1C[C@H](n2nc(C#Cc3cc4ncn(C5CC5)c4cc3F)c(C#N)c2NCc2ccc(OC)cc2)CN1C(=O)OC(C)(C)C. The number of ether oxygens (including phenoxy) is 3. The van der Waals surface area contributed by atoms with Gasteiger partial charge < -0.3 is 29.0 Å². The van der Waals surface area contributed by atoms with Crippen molar-refractivity contribution in [3.63, 3.8) is 0 Å². The van der Waals surface area contributed by atoms with Crippen LogP contribution in [0.15, 0.2) is 42.7 Å². The second-order valence-corrected chi connectivity index (χ2v) is 12.9. The van der Waals surface area contributed by atoms with Gasteiger partial charge in [0.15, 0.2) is 5.69 Å². The van der Waals surface area contributed by atoms with Gasteiger partial charge >= 0.3 is 6.09 Å². The minimum Gasteiger partial charge on any atom is -0.497 e. The molecule has 2 aliphatic rings. The van der Waals surface area contributed by atoms with Gasteiger partial charge in [0.25, 0.3) is 0 Å². The van der Waals surface area contributed by atoms with E-state index in [9.17, 15) is 10.1 Å². The normalized spacial score (nSPS) is 17.7. The molecule has 1 N–H and O–H groups in total. The number of benzene rings is 2. The molecule has 0 unspecified atom stereocenters. The molecule has 4 aromatic rings. The molecule has 1 aliphatic heterocycles. The van der Waals surface area contributed by atoms with Crippen molar-refractivity contribution in [2.45, 2.75) is 70.3 Å². The summed E-state index contributed by atoms with van der Waals surface area (Å²) in [4.78, 5) is 19.3. The summed E-state index contributed by atoms with van der Waals surface area (Å²) < 4.78 is 35.4. The van der Waals surface area contributed by atoms with Gasteiger partial charge in [0.2, 0.25) is 0 Å². The van der Waals surface area contributed by atoms with Crippen LogP contribution in [0.5, 0.6) is 5.75 Å². The number of imidazole rings is 1. The van der Waals surface area contributed by atoms with Gasteiger partial charge in [0.1, 0.15) is 34.6 Å². The van der Waals surface area contributed by atoms with Crippen molar-refractivity contribution in [1.29, 1.82) is 5.26 Å². The van der Waals surface area contributed by atoms with E-state index in [0.717, 1.165) is 29.7 Å². The van der Waals surface area contributed by atoms with Crippen molar-refractivity contribution in [3.8, 4) is 23.7 Å². The maximum atomic E-state index is 15.3. The van der Waals surface area contributed by atoms with Gasteiger partial charge in [-0.3, -0.25) is 0 Å². The Labute approximate surface area is 273 Å². The van der Waals surface area contributed by atoms with Crippen LogP contribution >= 0.6 is 0 Å². The van der Waals surface area contributed by atoms with Gasteiger partial charge in [-0.15, -0.1) is 0 Å². The van der Waals surface area contributed by atoms with Crippen LogP contribution in [0.25, 0.3) is 11.0 Å². The number of amides is 1. The molecule has 0 bridgehead atoms. The third-order valence-electron chi connectivity index (χ3n) is 8.29. The lowest BCUT2D eigenvalue weighted by molar-refractivity contribution is 0.0145. The number of hydrogen-bond acceptors (Lipinski definition) is 8. The molecule has 0 spiro atoms. The van der Waals surface area contributed by atoms with Gasteiger partial charge in [0.05, 0.1) is 48.7 Å². The molecule has 2 aromatic carbocycles. The summed E-state index contributed by atoms with van der Waals surface area (Å²) in [7, 11) is 3.20. The van der Waals surface area contributed by atoms with Crippen LogP contribution < -0.4 is 10.1 Å². The monoisotopic (exact) mass is 639 g/mol. The molecule has 12 heteroatoms. The Morgan fingerprint density at radius 2 is 1.89 bits per heavy atom. The largest absolute Gasteiger partial charge is 0.497 e. The van der Waals surface area contributed by atoms with Crippen molar-refractivity contribution in [2.24, 2.45) is 0 Å². The number of fused-ring (bicyclic) bond motifs is 1. The number of nitrogens with zero attached hydrogens (tertiary/aromatic N) is 6. The highest BCUT2D eigenvalue weighted by Crippen LogP contribution is 2.37. The van der Waals surface area contributed by atoms with Gasteiger partial charge in [0, 0.05) is 32.3 Å². The van der Waals surface area contributed by atoms with Crippen LogP contribution in [0.4, 0.5) is 15.0 Å². The standard InChI is InChI=1S/C35H38FN7O4/c1-35(2,3)47-34(44)41-19-25(15-26(41)20-45-4)43-33(38-18-22-6-11-27(46-5)12-7-22)28(17-37)30(40-43)13-8-23-14-31-32(16-29(23)36)42(21-39-31)24-9-10-24/h6-7,11-12,14,16,21,24-26,38H,9-10,15,18-20H2,1-5H3/t25-,26+/m0/s1. The molecule has 2 aromatic heterocycles. The molecule has 47 heavy (non-hydrogen) atoms. The van der Waals surface area contributed by atoms with Gasteiger partial charge in [-0.1, -0.05) is 18.1 Å². The van der Waals surface area contributed by atoms with E-state index in [1.165, 1.54) is 6.07 Å². The van der Waals surface area contributed by atoms with E-state index in [1.54, 1.807) is 36.2 Å². The number of aromatic nitrogens is 4. The maximum Gasteiger partial charge on any atom is 0.410 e. The van der Waals surface area contributed by atoms with Crippen LogP contribution in [-0.2, 0) is 16.0 Å². The fourth-order valence-electron chi connectivity index (χ4n) is 5.87. The summed E-state index contributed by atoms with van der Waals surface area (Å²) >= 11 is 0. The Morgan fingerprint density at radius 1 is 1.13 bits per heavy atom. The molecule has 1 saturated heterocycles. The smallest absolute Gasteiger partial charge is 0.410 e. The van der Waals surface area contributed by atoms with E-state index in [2.05, 4.69) is 28.2 Å². The number of hydrogen-bond donors (Lipinski definition) is 1. The highest BCUT2D eigenvalue weighted by atomic mass is 19.1. The zero-order chi connectivity index (χ0) is 33.3. The van der Waals surface area contributed by atoms with Gasteiger partial charge in [-0.05, 0) is 69.7 Å². The summed E-state index contributed by atoms with van der Waals surface area (Å²) in [6, 6.07) is 12.7. The molecule has 6 rings (SSSR count). The van der Waals surface area contributed by atoms with Crippen LogP contribution in [-0.4, -0.2) is 69.3 Å². The number of carbonyl (C=O) groups is 1. The fourth-order valence-corrected chi connectivity index (χ4v) is 5.87. The van der Waals surface area contributed by atoms with Crippen LogP contribution in [0, 0.1) is 29.0 Å². The Balaban J connectivity index is 1.36. The zero-order valence-corrected chi connectivity index (χ0v) is 27.2. The topological polar surface area (TPSA) is 119 Å². The molecule has 244 valence electrons. The first-order valence-corrected chi connectivity index (χ1v) is 15.6. The number of likely N-dealkylation sites (tertiary alicyclic amines) is 1. The minimum absolute atomic E-state index is 0.168. The van der Waals surface area contributed by atoms with E-state index >= 15 is 4.39 Å². The highest BCUT2D eigenvalue weighted by molar-refractivity contribution is 5.78. The van der Waals surface area contributed by atoms with Crippen LogP contribution in [0.2, 0.25) is 0 Å². The van der Waals surface area contributed by atoms with Crippen molar-refractivity contribution < 1.29 is 23.4 Å². The Bertz CT molecular complexity index is 1890. The minimum atomic E-state index is -0.672. The first kappa shape index (κ1) is 31.9. The average molecular weight is 640 g/mol. The van der Waals surface area contributed by atoms with E-state index in [-0.39, 0.29) is 35.4 Å². The average Bonchev–Trinajstić information content (AvgIpc) is 3.51. The Kier molecular flexibility index (Phi) is 8.80. The molecule has 1 amide bonds. The predicted octanol–water partition coefficient (Wildman–Crippen LogP) is 5.80. The predicted molar refractivity (Wildman–Crippen MR) is 173 cm³/mol. The number of methoxy groups -OCH3 is 2. The number of anilines is 1. The molecule has 2 atom stereocenters. The Morgan fingerprint density at radius 3 is 2.55 bits per heavy atom. The molecular weight excluding hydrogens is 601 g/mol. The first-order valence-electron chi connectivity index (χ1n) is 15.6. The van der Waals surface area contributed by atoms with Crippen LogP contribution in [0.1, 0.15) is 74.5 Å². The summed E-state index contributed by atoms with van der Waals surface area (Å²) in [5, 5.41) is 18.5. The summed E-state index contributed by atoms with van der Waals surface area (Å²) in [6.07, 6.45) is 3.93. The molecular formula is C35H38FN7O4. The van der Waals surface area contributed by atoms with E-state index < -0.39 is 17.5 Å². The molecule has 2 fully saturated rings. The molecule has 1 saturated carbocycles. The van der Waals surface area contributed by atoms with Crippen molar-refractivity contribution in [1.82, 2.24) is 24.2 Å². The molecule has 0 radical (unpaired) electrons. The lowest BCUT2D eigenvalue weighted by atomic mass is 10.1. The summed E-state index contributed by atoms with van der Waals surface area (Å²) in [6.45, 7) is 6.44. The van der Waals surface area contributed by atoms with Gasteiger partial charge in [-0.25, -0.2) is 18.9 Å². The van der Waals surface area contributed by atoms with Crippen molar-refractivity contribution in [3.05, 3.63) is 70.9 Å². The maximum absolute atomic E-state index is 15.3. The fraction of sp³-hybridized carbons (Fsp3) is 0.429. The summed E-state index contributed by atoms with van der Waals surface area (Å²) in [5.74, 6) is 6.59. The quantitative estimate of drug-likeness (QED) is 0.241. The zero-order valence-electron chi connectivity index (χ0n) is 27.2. The van der Waals surface area contributed by atoms with E-state index in [4.69, 9.17) is 19.3 Å². The lowest BCUT2D eigenvalue weighted by Gasteiger charge is -2.28. The number of nitriles is 1. The molecule has 3 heterocycles. The number of rotatable bonds is 8. The third kappa shape index (κ3) is 6.88. The van der Waals surface area contributed by atoms with Crippen LogP contribution in [0.3, 0.4) is 0 Å². The summed E-state index contributed by atoms with van der Waals surface area (Å²) in [5.41, 5.74) is 2.28. The third-order valence-corrected chi connectivity index (χ3v) is 8.29.